The highest BCUT2D eigenvalue weighted by molar-refractivity contribution is 5.66. The van der Waals surface area contributed by atoms with Gasteiger partial charge >= 0.3 is 5.97 Å². The molecule has 0 fully saturated rings. The van der Waals surface area contributed by atoms with Crippen LogP contribution in [0.1, 0.15) is 6.42 Å². The first-order valence-corrected chi connectivity index (χ1v) is 7.99. The molecule has 0 aromatic rings. The largest absolute Gasteiger partial charge is 0.481 e. The summed E-state index contributed by atoms with van der Waals surface area (Å²) >= 11 is 0. The van der Waals surface area contributed by atoms with Crippen molar-refractivity contribution in [3.05, 3.63) is 6.54 Å². The highest BCUT2D eigenvalue weighted by atomic mass is 16.6. The molecule has 1 radical (unpaired) electrons. The summed E-state index contributed by atoms with van der Waals surface area (Å²) in [4.78, 5) is 10.2. The highest BCUT2D eigenvalue weighted by Gasteiger charge is 1.96. The Labute approximate surface area is 143 Å². The molecule has 0 saturated heterocycles. The summed E-state index contributed by atoms with van der Waals surface area (Å²) in [6.45, 7) is 6.88. The van der Waals surface area contributed by atoms with E-state index < -0.39 is 5.97 Å². The van der Waals surface area contributed by atoms with Crippen molar-refractivity contribution in [2.75, 3.05) is 79.3 Å². The van der Waals surface area contributed by atoms with E-state index in [4.69, 9.17) is 39.3 Å². The number of carboxylic acid groups (broad SMARTS) is 1. The Morgan fingerprint density at radius 1 is 0.667 bits per heavy atom. The van der Waals surface area contributed by atoms with Gasteiger partial charge in [-0.05, 0) is 0 Å². The van der Waals surface area contributed by atoms with E-state index in [1.54, 1.807) is 0 Å². The Kier molecular flexibility index (Phi) is 19.6. The van der Waals surface area contributed by atoms with Gasteiger partial charge in [0.2, 0.25) is 0 Å². The van der Waals surface area contributed by atoms with E-state index in [2.05, 4.69) is 0 Å². The van der Waals surface area contributed by atoms with Crippen LogP contribution in [0.25, 0.3) is 0 Å². The lowest BCUT2D eigenvalue weighted by Gasteiger charge is -2.08. The lowest BCUT2D eigenvalue weighted by Crippen LogP contribution is -2.14. The maximum absolute atomic E-state index is 10.2. The molecule has 0 atom stereocenters. The van der Waals surface area contributed by atoms with E-state index in [1.165, 1.54) is 6.54 Å². The zero-order chi connectivity index (χ0) is 17.7. The predicted octanol–water partition coefficient (Wildman–Crippen LogP) is -0.319. The molecule has 0 aliphatic rings. The molecule has 0 amide bonds. The van der Waals surface area contributed by atoms with Gasteiger partial charge in [-0.2, -0.15) is 0 Å². The standard InChI is InChI=1S/C15H30NO8/c16-2-4-20-6-8-22-10-12-24-14-13-23-11-9-21-7-5-19-3-1-15(17)18/h2H,1,3-14,16H2,(H,17,18). The van der Waals surface area contributed by atoms with Crippen LogP contribution in [0.2, 0.25) is 0 Å². The zero-order valence-electron chi connectivity index (χ0n) is 14.2. The molecule has 0 aromatic carbocycles. The molecule has 0 bridgehead atoms. The molecule has 0 rings (SSSR count). The minimum atomic E-state index is -0.867. The van der Waals surface area contributed by atoms with Crippen LogP contribution in [0.4, 0.5) is 0 Å². The van der Waals surface area contributed by atoms with Crippen LogP contribution >= 0.6 is 0 Å². The van der Waals surface area contributed by atoms with Gasteiger partial charge in [-0.1, -0.05) is 0 Å². The minimum Gasteiger partial charge on any atom is -0.481 e. The third kappa shape index (κ3) is 21.2. The zero-order valence-corrected chi connectivity index (χ0v) is 14.2. The van der Waals surface area contributed by atoms with Gasteiger partial charge in [0.1, 0.15) is 0 Å². The first kappa shape index (κ1) is 23.2. The molecule has 0 aliphatic carbocycles. The second-order valence-electron chi connectivity index (χ2n) is 4.52. The van der Waals surface area contributed by atoms with Crippen molar-refractivity contribution in [3.8, 4) is 0 Å². The number of nitrogens with two attached hydrogens (primary N) is 1. The molecule has 9 nitrogen and oxygen atoms in total. The van der Waals surface area contributed by atoms with Crippen molar-refractivity contribution < 1.29 is 38.3 Å². The SMILES string of the molecule is N[CH]COCCOCCOCCOCCOCCOCCC(=O)O. The molecule has 143 valence electrons. The second kappa shape index (κ2) is 20.2. The first-order valence-electron chi connectivity index (χ1n) is 7.99. The molecule has 0 heterocycles. The summed E-state index contributed by atoms with van der Waals surface area (Å²) in [5.41, 5.74) is 5.16. The van der Waals surface area contributed by atoms with Crippen molar-refractivity contribution in [1.82, 2.24) is 0 Å². The molecule has 3 N–H and O–H groups in total. The van der Waals surface area contributed by atoms with Crippen molar-refractivity contribution >= 4 is 5.97 Å². The van der Waals surface area contributed by atoms with Crippen molar-refractivity contribution in [2.24, 2.45) is 5.73 Å². The van der Waals surface area contributed by atoms with E-state index in [-0.39, 0.29) is 13.0 Å². The Bertz CT molecular complexity index is 268. The fraction of sp³-hybridized carbons (Fsp3) is 0.867. The van der Waals surface area contributed by atoms with Gasteiger partial charge < -0.3 is 39.3 Å². The number of ether oxygens (including phenoxy) is 6. The van der Waals surface area contributed by atoms with Crippen molar-refractivity contribution in [2.45, 2.75) is 6.42 Å². The molecule has 0 aliphatic heterocycles. The molecular formula is C15H30NO8. The van der Waals surface area contributed by atoms with Gasteiger partial charge in [0.25, 0.3) is 0 Å². The molecule has 0 unspecified atom stereocenters. The fourth-order valence-electron chi connectivity index (χ4n) is 1.41. The van der Waals surface area contributed by atoms with Gasteiger partial charge in [0.15, 0.2) is 0 Å². The minimum absolute atomic E-state index is 0.00888. The average Bonchev–Trinajstić information content (AvgIpc) is 2.56. The lowest BCUT2D eigenvalue weighted by molar-refractivity contribution is -0.138. The van der Waals surface area contributed by atoms with Crippen molar-refractivity contribution in [1.29, 1.82) is 0 Å². The van der Waals surface area contributed by atoms with Crippen LogP contribution in [0.15, 0.2) is 0 Å². The van der Waals surface area contributed by atoms with E-state index >= 15 is 0 Å². The topological polar surface area (TPSA) is 119 Å². The van der Waals surface area contributed by atoms with E-state index in [1.807, 2.05) is 0 Å². The van der Waals surface area contributed by atoms with Gasteiger partial charge in [-0.15, -0.1) is 0 Å². The van der Waals surface area contributed by atoms with E-state index in [0.29, 0.717) is 72.7 Å². The van der Waals surface area contributed by atoms with Crippen LogP contribution < -0.4 is 5.73 Å². The number of aliphatic carboxylic acids is 1. The number of carboxylic acids is 1. The van der Waals surface area contributed by atoms with Crippen LogP contribution in [-0.4, -0.2) is 90.4 Å². The van der Waals surface area contributed by atoms with Crippen LogP contribution in [0.3, 0.4) is 0 Å². The maximum atomic E-state index is 10.2. The quantitative estimate of drug-likeness (QED) is 0.284. The smallest absolute Gasteiger partial charge is 0.305 e. The fourth-order valence-corrected chi connectivity index (χ4v) is 1.41. The Morgan fingerprint density at radius 2 is 1.00 bits per heavy atom. The lowest BCUT2D eigenvalue weighted by atomic mass is 10.5. The molecule has 24 heavy (non-hydrogen) atoms. The van der Waals surface area contributed by atoms with E-state index in [9.17, 15) is 4.79 Å². The summed E-state index contributed by atoms with van der Waals surface area (Å²) < 4.78 is 31.4. The summed E-state index contributed by atoms with van der Waals surface area (Å²) in [6, 6.07) is 0. The summed E-state index contributed by atoms with van der Waals surface area (Å²) in [5.74, 6) is -0.867. The average molecular weight is 352 g/mol. The third-order valence-corrected chi connectivity index (χ3v) is 2.53. The molecule has 9 heteroatoms. The third-order valence-electron chi connectivity index (χ3n) is 2.53. The predicted molar refractivity (Wildman–Crippen MR) is 85.7 cm³/mol. The summed E-state index contributed by atoms with van der Waals surface area (Å²) in [6.07, 6.45) is 0.00888. The normalized spacial score (nSPS) is 11.0. The van der Waals surface area contributed by atoms with Crippen molar-refractivity contribution in [3.63, 3.8) is 0 Å². The molecule has 0 aromatic heterocycles. The summed E-state index contributed by atoms with van der Waals surface area (Å²) in [5, 5.41) is 8.40. The van der Waals surface area contributed by atoms with E-state index in [0.717, 1.165) is 0 Å². The number of hydrogen-bond donors (Lipinski definition) is 2. The first-order chi connectivity index (χ1) is 11.8. The monoisotopic (exact) mass is 352 g/mol. The Morgan fingerprint density at radius 3 is 1.33 bits per heavy atom. The van der Waals surface area contributed by atoms with Gasteiger partial charge in [-0.3, -0.25) is 4.79 Å². The Hall–Kier alpha value is -0.810. The molecule has 0 spiro atoms. The second-order valence-corrected chi connectivity index (χ2v) is 4.52. The number of hydrogen-bond acceptors (Lipinski definition) is 8. The molecular weight excluding hydrogens is 322 g/mol. The Balaban J connectivity index is 2.97. The van der Waals surface area contributed by atoms with Gasteiger partial charge in [-0.25, -0.2) is 0 Å². The molecule has 0 saturated carbocycles. The number of carbonyl (C=O) groups is 1. The van der Waals surface area contributed by atoms with Gasteiger partial charge in [0, 0.05) is 6.54 Å². The maximum Gasteiger partial charge on any atom is 0.305 e. The summed E-state index contributed by atoms with van der Waals surface area (Å²) in [7, 11) is 0. The highest BCUT2D eigenvalue weighted by Crippen LogP contribution is 1.86. The van der Waals surface area contributed by atoms with Crippen LogP contribution in [0, 0.1) is 6.54 Å². The van der Waals surface area contributed by atoms with Crippen LogP contribution in [-0.2, 0) is 33.2 Å². The number of rotatable bonds is 20. The van der Waals surface area contributed by atoms with Gasteiger partial charge in [0.05, 0.1) is 85.7 Å². The van der Waals surface area contributed by atoms with Crippen LogP contribution in [0.5, 0.6) is 0 Å².